The van der Waals surface area contributed by atoms with Gasteiger partial charge in [0.25, 0.3) is 5.89 Å². The number of pyridine rings is 1. The van der Waals surface area contributed by atoms with Crippen LogP contribution in [-0.4, -0.2) is 26.2 Å². The van der Waals surface area contributed by atoms with Gasteiger partial charge in [0.1, 0.15) is 5.75 Å². The quantitative estimate of drug-likeness (QED) is 0.827. The maximum Gasteiger partial charge on any atom is 0.337 e. The zero-order chi connectivity index (χ0) is 14.4. The average molecular weight is 277 g/mol. The van der Waals surface area contributed by atoms with Crippen LogP contribution in [0.15, 0.2) is 23.0 Å². The molecule has 0 amide bonds. The van der Waals surface area contributed by atoms with E-state index in [0.717, 1.165) is 19.3 Å². The van der Waals surface area contributed by atoms with E-state index in [2.05, 4.69) is 22.0 Å². The Morgan fingerprint density at radius 1 is 1.45 bits per heavy atom. The summed E-state index contributed by atoms with van der Waals surface area (Å²) in [5, 5.41) is 12.7. The van der Waals surface area contributed by atoms with Crippen LogP contribution in [0.2, 0.25) is 0 Å². The number of rotatable bonds is 7. The summed E-state index contributed by atoms with van der Waals surface area (Å²) in [7, 11) is 0. The molecule has 0 atom stereocenters. The predicted octanol–water partition coefficient (Wildman–Crippen LogP) is 2.08. The van der Waals surface area contributed by atoms with Crippen LogP contribution < -0.4 is 4.74 Å². The van der Waals surface area contributed by atoms with Crippen LogP contribution in [0.1, 0.15) is 41.8 Å². The summed E-state index contributed by atoms with van der Waals surface area (Å²) in [6.07, 6.45) is 5.53. The second kappa shape index (κ2) is 6.65. The molecule has 0 bridgehead atoms. The van der Waals surface area contributed by atoms with Crippen LogP contribution in [0.4, 0.5) is 0 Å². The number of nitrogens with zero attached hydrogens (tertiary/aromatic N) is 3. The molecule has 7 heteroatoms. The van der Waals surface area contributed by atoms with Crippen molar-refractivity contribution < 1.29 is 19.2 Å². The van der Waals surface area contributed by atoms with Gasteiger partial charge in [0.2, 0.25) is 0 Å². The minimum Gasteiger partial charge on any atom is -0.482 e. The van der Waals surface area contributed by atoms with Crippen LogP contribution in [0.5, 0.6) is 5.75 Å². The first-order valence-corrected chi connectivity index (χ1v) is 6.31. The van der Waals surface area contributed by atoms with Crippen molar-refractivity contribution in [3.05, 3.63) is 35.7 Å². The fraction of sp³-hybridized carbons (Fsp3) is 0.385. The van der Waals surface area contributed by atoms with E-state index in [-0.39, 0.29) is 12.2 Å². The van der Waals surface area contributed by atoms with Crippen LogP contribution >= 0.6 is 0 Å². The van der Waals surface area contributed by atoms with Gasteiger partial charge in [-0.05, 0) is 12.5 Å². The van der Waals surface area contributed by atoms with Crippen molar-refractivity contribution in [3.63, 3.8) is 0 Å². The Hall–Kier alpha value is -2.44. The third kappa shape index (κ3) is 3.78. The summed E-state index contributed by atoms with van der Waals surface area (Å²) in [6, 6.07) is 1.39. The number of aromatic carboxylic acids is 1. The lowest BCUT2D eigenvalue weighted by Gasteiger charge is -2.02. The van der Waals surface area contributed by atoms with Crippen LogP contribution in [0, 0.1) is 0 Å². The summed E-state index contributed by atoms with van der Waals surface area (Å²) < 4.78 is 10.4. The van der Waals surface area contributed by atoms with Crippen LogP contribution in [-0.2, 0) is 13.0 Å². The number of hydrogen-bond acceptors (Lipinski definition) is 6. The molecule has 0 aliphatic rings. The van der Waals surface area contributed by atoms with Gasteiger partial charge < -0.3 is 14.4 Å². The van der Waals surface area contributed by atoms with Gasteiger partial charge in [0.05, 0.1) is 11.8 Å². The number of carbonyl (C=O) groups is 1. The molecule has 0 fully saturated rings. The van der Waals surface area contributed by atoms with E-state index < -0.39 is 5.97 Å². The van der Waals surface area contributed by atoms with E-state index in [0.29, 0.717) is 17.5 Å². The Morgan fingerprint density at radius 2 is 2.30 bits per heavy atom. The fourth-order valence-electron chi connectivity index (χ4n) is 1.54. The minimum absolute atomic E-state index is 0.0664. The molecular weight excluding hydrogens is 262 g/mol. The highest BCUT2D eigenvalue weighted by atomic mass is 16.5. The highest BCUT2D eigenvalue weighted by Crippen LogP contribution is 2.13. The molecule has 0 spiro atoms. The van der Waals surface area contributed by atoms with Crippen molar-refractivity contribution in [2.24, 2.45) is 0 Å². The van der Waals surface area contributed by atoms with Gasteiger partial charge in [-0.1, -0.05) is 18.5 Å². The smallest absolute Gasteiger partial charge is 0.337 e. The van der Waals surface area contributed by atoms with E-state index in [9.17, 15) is 4.79 Å². The Bertz CT molecular complexity index is 583. The van der Waals surface area contributed by atoms with Gasteiger partial charge in [-0.15, -0.1) is 0 Å². The van der Waals surface area contributed by atoms with E-state index in [1.807, 2.05) is 0 Å². The largest absolute Gasteiger partial charge is 0.482 e. The van der Waals surface area contributed by atoms with Crippen molar-refractivity contribution in [1.29, 1.82) is 0 Å². The molecule has 2 aromatic rings. The van der Waals surface area contributed by atoms with Crippen molar-refractivity contribution in [1.82, 2.24) is 15.1 Å². The molecule has 2 aromatic heterocycles. The molecule has 1 N–H and O–H groups in total. The van der Waals surface area contributed by atoms with Crippen LogP contribution in [0.3, 0.4) is 0 Å². The van der Waals surface area contributed by atoms with Gasteiger partial charge in [-0.25, -0.2) is 4.79 Å². The molecule has 2 rings (SSSR count). The van der Waals surface area contributed by atoms with Gasteiger partial charge in [-0.2, -0.15) is 4.98 Å². The normalized spacial score (nSPS) is 10.4. The molecule has 0 aliphatic carbocycles. The molecule has 0 saturated carbocycles. The van der Waals surface area contributed by atoms with Crippen molar-refractivity contribution in [2.45, 2.75) is 32.8 Å². The summed E-state index contributed by atoms with van der Waals surface area (Å²) in [5.74, 6) is 0.306. The number of aryl methyl sites for hydroxylation is 1. The first kappa shape index (κ1) is 14.0. The van der Waals surface area contributed by atoms with E-state index in [1.165, 1.54) is 18.5 Å². The lowest BCUT2D eigenvalue weighted by Crippen LogP contribution is -2.00. The zero-order valence-corrected chi connectivity index (χ0v) is 11.1. The minimum atomic E-state index is -1.05. The summed E-state index contributed by atoms with van der Waals surface area (Å²) in [5.41, 5.74) is 0.0664. The molecule has 7 nitrogen and oxygen atoms in total. The Morgan fingerprint density at radius 3 is 3.05 bits per heavy atom. The van der Waals surface area contributed by atoms with Gasteiger partial charge >= 0.3 is 5.97 Å². The molecule has 2 heterocycles. The first-order chi connectivity index (χ1) is 9.69. The van der Waals surface area contributed by atoms with Gasteiger partial charge in [-0.3, -0.25) is 4.98 Å². The number of carboxylic acid groups (broad SMARTS) is 1. The molecule has 20 heavy (non-hydrogen) atoms. The number of carboxylic acids is 1. The summed E-state index contributed by atoms with van der Waals surface area (Å²) >= 11 is 0. The standard InChI is InChI=1S/C13H15N3O4/c1-2-3-4-11-15-12(20-16-11)8-19-10-5-9(13(17)18)6-14-7-10/h5-7H,2-4,8H2,1H3,(H,17,18). The maximum atomic E-state index is 10.8. The van der Waals surface area contributed by atoms with E-state index >= 15 is 0 Å². The topological polar surface area (TPSA) is 98.3 Å². The fourth-order valence-corrected chi connectivity index (χ4v) is 1.54. The third-order valence-corrected chi connectivity index (χ3v) is 2.59. The van der Waals surface area contributed by atoms with E-state index in [4.69, 9.17) is 14.4 Å². The molecule has 0 unspecified atom stereocenters. The molecular formula is C13H15N3O4. The highest BCUT2D eigenvalue weighted by Gasteiger charge is 2.08. The summed E-state index contributed by atoms with van der Waals surface area (Å²) in [4.78, 5) is 18.8. The second-order valence-corrected chi connectivity index (χ2v) is 4.21. The number of aromatic nitrogens is 3. The first-order valence-electron chi connectivity index (χ1n) is 6.31. The Labute approximate surface area is 115 Å². The monoisotopic (exact) mass is 277 g/mol. The van der Waals surface area contributed by atoms with Crippen molar-refractivity contribution >= 4 is 5.97 Å². The summed E-state index contributed by atoms with van der Waals surface area (Å²) in [6.45, 7) is 2.18. The third-order valence-electron chi connectivity index (χ3n) is 2.59. The van der Waals surface area contributed by atoms with Gasteiger partial charge in [0, 0.05) is 12.6 Å². The predicted molar refractivity (Wildman–Crippen MR) is 68.4 cm³/mol. The number of hydrogen-bond donors (Lipinski definition) is 1. The lowest BCUT2D eigenvalue weighted by molar-refractivity contribution is 0.0696. The molecule has 0 radical (unpaired) electrons. The van der Waals surface area contributed by atoms with Gasteiger partial charge in [0.15, 0.2) is 12.4 Å². The zero-order valence-electron chi connectivity index (χ0n) is 11.1. The molecule has 0 aliphatic heterocycles. The molecule has 0 aromatic carbocycles. The van der Waals surface area contributed by atoms with E-state index in [1.54, 1.807) is 0 Å². The SMILES string of the molecule is CCCCc1noc(COc2cncc(C(=O)O)c2)n1. The van der Waals surface area contributed by atoms with Crippen LogP contribution in [0.25, 0.3) is 0 Å². The molecule has 0 saturated heterocycles. The number of ether oxygens (including phenoxy) is 1. The maximum absolute atomic E-state index is 10.8. The average Bonchev–Trinajstić information content (AvgIpc) is 2.91. The lowest BCUT2D eigenvalue weighted by atomic mass is 10.2. The molecule has 106 valence electrons. The Balaban J connectivity index is 1.93. The number of unbranched alkanes of at least 4 members (excludes halogenated alkanes) is 1. The van der Waals surface area contributed by atoms with Crippen molar-refractivity contribution in [2.75, 3.05) is 0 Å². The Kier molecular flexibility index (Phi) is 4.65. The second-order valence-electron chi connectivity index (χ2n) is 4.21. The van der Waals surface area contributed by atoms with Crippen molar-refractivity contribution in [3.8, 4) is 5.75 Å². The highest BCUT2D eigenvalue weighted by molar-refractivity contribution is 5.87.